The molecule has 0 unspecified atom stereocenters. The van der Waals surface area contributed by atoms with E-state index in [4.69, 9.17) is 37.9 Å². The maximum Gasteiger partial charge on any atom is 0.325 e. The number of carbonyl (C=O) groups is 4. The fraction of sp³-hybridized carbons (Fsp3) is 0.389. The molecule has 0 radical (unpaired) electrons. The van der Waals surface area contributed by atoms with Crippen molar-refractivity contribution in [2.75, 3.05) is 109 Å². The van der Waals surface area contributed by atoms with Gasteiger partial charge in [0.1, 0.15) is 75.7 Å². The molecule has 0 saturated heterocycles. The van der Waals surface area contributed by atoms with E-state index in [1.165, 1.54) is 85.6 Å². The predicted molar refractivity (Wildman–Crippen MR) is 186 cm³/mol. The molecular weight excluding hydrogens is 704 g/mol. The number of esters is 4. The van der Waals surface area contributed by atoms with E-state index in [9.17, 15) is 28.0 Å². The maximum atomic E-state index is 14.6. The van der Waals surface area contributed by atoms with Gasteiger partial charge in [-0.25, -0.2) is 8.78 Å². The van der Waals surface area contributed by atoms with Crippen molar-refractivity contribution >= 4 is 40.9 Å². The number of rotatable bonds is 9. The topological polar surface area (TPSA) is 152 Å². The molecule has 0 fully saturated rings. The first-order valence-corrected chi connectivity index (χ1v) is 16.3. The second-order valence-corrected chi connectivity index (χ2v) is 11.3. The van der Waals surface area contributed by atoms with Crippen LogP contribution in [0.4, 0.5) is 25.8 Å². The summed E-state index contributed by atoms with van der Waals surface area (Å²) in [5, 5.41) is 0. The van der Waals surface area contributed by atoms with E-state index in [0.717, 1.165) is 0 Å². The average Bonchev–Trinajstić information content (AvgIpc) is 3.15. The molecule has 17 heteroatoms. The Balaban J connectivity index is 1.78. The second kappa shape index (κ2) is 19.6. The molecule has 0 aromatic heterocycles. The minimum absolute atomic E-state index is 0.0228. The quantitative estimate of drug-likeness (QED) is 0.233. The third-order valence-corrected chi connectivity index (χ3v) is 7.84. The number of carbonyl (C=O) groups excluding carboxylic acids is 4. The van der Waals surface area contributed by atoms with Crippen molar-refractivity contribution in [1.82, 2.24) is 0 Å². The molecule has 0 spiro atoms. The Hall–Kier alpha value is -6.00. The van der Waals surface area contributed by atoms with Gasteiger partial charge in [0.15, 0.2) is 11.5 Å². The van der Waals surface area contributed by atoms with Crippen molar-refractivity contribution < 1.29 is 65.9 Å². The Labute approximate surface area is 304 Å². The van der Waals surface area contributed by atoms with E-state index in [-0.39, 0.29) is 100 Å². The molecule has 0 amide bonds. The third-order valence-electron chi connectivity index (χ3n) is 7.84. The molecule has 3 aromatic carbocycles. The molecule has 286 valence electrons. The largest absolute Gasteiger partial charge is 0.488 e. The summed E-state index contributed by atoms with van der Waals surface area (Å²) in [6, 6.07) is 12.3. The van der Waals surface area contributed by atoms with Crippen LogP contribution in [0.25, 0.3) is 0 Å². The number of halogens is 2. The van der Waals surface area contributed by atoms with Crippen molar-refractivity contribution in [3.05, 3.63) is 66.2 Å². The van der Waals surface area contributed by atoms with Crippen molar-refractivity contribution in [1.29, 1.82) is 0 Å². The van der Waals surface area contributed by atoms with Crippen molar-refractivity contribution in [2.45, 2.75) is 0 Å². The van der Waals surface area contributed by atoms with Crippen LogP contribution in [0.5, 0.6) is 23.0 Å². The Morgan fingerprint density at radius 2 is 0.981 bits per heavy atom. The number of nitrogens with zero attached hydrogens (tertiary/aromatic N) is 3. The van der Waals surface area contributed by atoms with Gasteiger partial charge in [0.05, 0.1) is 52.9 Å². The van der Waals surface area contributed by atoms with Gasteiger partial charge in [-0.2, -0.15) is 0 Å². The van der Waals surface area contributed by atoms with Gasteiger partial charge in [-0.1, -0.05) is 0 Å². The Morgan fingerprint density at radius 1 is 0.566 bits per heavy atom. The van der Waals surface area contributed by atoms with Crippen LogP contribution in [0.15, 0.2) is 54.6 Å². The summed E-state index contributed by atoms with van der Waals surface area (Å²) in [4.78, 5) is 53.9. The van der Waals surface area contributed by atoms with Crippen molar-refractivity contribution in [3.63, 3.8) is 0 Å². The van der Waals surface area contributed by atoms with E-state index in [1.807, 2.05) is 0 Å². The monoisotopic (exact) mass is 745 g/mol. The number of ether oxygens (including phenoxy) is 8. The number of hydrogen-bond donors (Lipinski definition) is 0. The Morgan fingerprint density at radius 3 is 1.43 bits per heavy atom. The number of fused-ring (bicyclic) bond motifs is 3. The lowest BCUT2D eigenvalue weighted by molar-refractivity contribution is -0.141. The van der Waals surface area contributed by atoms with Gasteiger partial charge in [-0.3, -0.25) is 19.2 Å². The van der Waals surface area contributed by atoms with Gasteiger partial charge < -0.3 is 52.6 Å². The van der Waals surface area contributed by atoms with Gasteiger partial charge in [-0.15, -0.1) is 0 Å². The summed E-state index contributed by atoms with van der Waals surface area (Å²) in [6.07, 6.45) is 0. The van der Waals surface area contributed by atoms with Crippen LogP contribution in [-0.4, -0.2) is 118 Å². The van der Waals surface area contributed by atoms with E-state index in [0.29, 0.717) is 5.69 Å². The lowest BCUT2D eigenvalue weighted by Gasteiger charge is -2.28. The van der Waals surface area contributed by atoms with E-state index in [2.05, 4.69) is 0 Å². The second-order valence-electron chi connectivity index (χ2n) is 11.3. The standard InChI is InChI=1S/C36H41F2N3O12/c1-46-33(42)20-39-11-13-50-31-10-7-26(41(22-35(44)48-3)23-36(45)49-4)19-32(31)51-14-12-40(21-34(43)47-2)28-18-25(38)6-9-30(28)53-16-15-52-29-8-5-24(37)17-27(29)39/h5-10,17-19H,11-16,20-23H2,1-4H3. The fourth-order valence-electron chi connectivity index (χ4n) is 5.17. The zero-order valence-electron chi connectivity index (χ0n) is 29.8. The summed E-state index contributed by atoms with van der Waals surface area (Å²) in [7, 11) is 4.88. The van der Waals surface area contributed by atoms with Gasteiger partial charge in [0.25, 0.3) is 0 Å². The molecule has 0 atom stereocenters. The number of anilines is 3. The van der Waals surface area contributed by atoms with E-state index in [1.54, 1.807) is 12.1 Å². The SMILES string of the molecule is COC(=O)CN(CC(=O)OC)c1ccc2c(c1)OCCN(CC(=O)OC)c1cc(F)ccc1OCCOc1ccc(F)cc1N(CC(=O)OC)CCO2. The van der Waals surface area contributed by atoms with Crippen LogP contribution in [0.1, 0.15) is 0 Å². The molecular formula is C36H41F2N3O12. The highest BCUT2D eigenvalue weighted by atomic mass is 19.1. The first-order chi connectivity index (χ1) is 25.5. The lowest BCUT2D eigenvalue weighted by Crippen LogP contribution is -2.36. The molecule has 0 aliphatic carbocycles. The summed E-state index contributed by atoms with van der Waals surface area (Å²) in [6.45, 7) is -1.32. The number of hydrogen-bond acceptors (Lipinski definition) is 15. The zero-order valence-corrected chi connectivity index (χ0v) is 29.8. The van der Waals surface area contributed by atoms with Gasteiger partial charge in [0.2, 0.25) is 0 Å². The number of methoxy groups -OCH3 is 4. The summed E-state index contributed by atoms with van der Waals surface area (Å²) in [5.74, 6) is -2.81. The van der Waals surface area contributed by atoms with Gasteiger partial charge >= 0.3 is 23.9 Å². The fourth-order valence-corrected chi connectivity index (χ4v) is 5.17. The highest BCUT2D eigenvalue weighted by molar-refractivity contribution is 5.82. The molecule has 1 aliphatic rings. The van der Waals surface area contributed by atoms with E-state index < -0.39 is 35.5 Å². The van der Waals surface area contributed by atoms with Crippen molar-refractivity contribution in [3.8, 4) is 23.0 Å². The number of benzene rings is 3. The van der Waals surface area contributed by atoms with Crippen LogP contribution < -0.4 is 33.6 Å². The van der Waals surface area contributed by atoms with Gasteiger partial charge in [0, 0.05) is 23.9 Å². The first-order valence-electron chi connectivity index (χ1n) is 16.3. The summed E-state index contributed by atoms with van der Waals surface area (Å²) < 4.78 is 72.9. The van der Waals surface area contributed by atoms with Crippen LogP contribution in [0.2, 0.25) is 0 Å². The molecule has 15 nitrogen and oxygen atoms in total. The average molecular weight is 746 g/mol. The first kappa shape index (κ1) is 39.8. The normalized spacial score (nSPS) is 13.4. The molecule has 1 heterocycles. The summed E-state index contributed by atoms with van der Waals surface area (Å²) in [5.41, 5.74) is 0.825. The molecule has 0 saturated carbocycles. The van der Waals surface area contributed by atoms with Crippen LogP contribution in [0.3, 0.4) is 0 Å². The highest BCUT2D eigenvalue weighted by Crippen LogP contribution is 2.35. The third kappa shape index (κ3) is 11.5. The Kier molecular flexibility index (Phi) is 14.7. The van der Waals surface area contributed by atoms with Gasteiger partial charge in [-0.05, 0) is 36.4 Å². The lowest BCUT2D eigenvalue weighted by atomic mass is 10.2. The van der Waals surface area contributed by atoms with E-state index >= 15 is 0 Å². The zero-order chi connectivity index (χ0) is 38.3. The Bertz CT molecular complexity index is 1730. The minimum atomic E-state index is -0.622. The van der Waals surface area contributed by atoms with Crippen LogP contribution >= 0.6 is 0 Å². The molecule has 4 rings (SSSR count). The van der Waals surface area contributed by atoms with Crippen LogP contribution in [-0.2, 0) is 38.1 Å². The molecule has 0 bridgehead atoms. The van der Waals surface area contributed by atoms with Crippen LogP contribution in [0, 0.1) is 11.6 Å². The molecule has 0 N–H and O–H groups in total. The molecule has 1 aliphatic heterocycles. The highest BCUT2D eigenvalue weighted by Gasteiger charge is 2.23. The predicted octanol–water partition coefficient (Wildman–Crippen LogP) is 3.01. The minimum Gasteiger partial charge on any atom is -0.488 e. The summed E-state index contributed by atoms with van der Waals surface area (Å²) >= 11 is 0. The maximum absolute atomic E-state index is 14.6. The smallest absolute Gasteiger partial charge is 0.325 e. The molecule has 53 heavy (non-hydrogen) atoms. The molecule has 3 aromatic rings. The van der Waals surface area contributed by atoms with Crippen molar-refractivity contribution in [2.24, 2.45) is 0 Å².